The van der Waals surface area contributed by atoms with Crippen molar-refractivity contribution < 1.29 is 44.0 Å². The Morgan fingerprint density at radius 2 is 1.50 bits per heavy atom. The first-order valence-electron chi connectivity index (χ1n) is 6.37. The molecule has 3 N–H and O–H groups in total. The van der Waals surface area contributed by atoms with E-state index in [0.29, 0.717) is 0 Å². The average Bonchev–Trinajstić information content (AvgIpc) is 2.38. The lowest BCUT2D eigenvalue weighted by molar-refractivity contribution is -0.353. The van der Waals surface area contributed by atoms with Gasteiger partial charge in [0.2, 0.25) is 5.60 Å². The van der Waals surface area contributed by atoms with E-state index in [2.05, 4.69) is 0 Å². The second-order valence-corrected chi connectivity index (χ2v) is 5.18. The number of carbonyl (C=O) groups excluding carboxylic acids is 4. The van der Waals surface area contributed by atoms with Gasteiger partial charge in [0.15, 0.2) is 17.3 Å². The highest BCUT2D eigenvalue weighted by atomic mass is 16.7. The Morgan fingerprint density at radius 1 is 1.00 bits per heavy atom. The summed E-state index contributed by atoms with van der Waals surface area (Å²) in [6.45, 7) is 2.43. The zero-order valence-corrected chi connectivity index (χ0v) is 12.6. The van der Waals surface area contributed by atoms with Crippen LogP contribution in [0.4, 0.5) is 0 Å². The zero-order chi connectivity index (χ0) is 17.5. The quantitative estimate of drug-likeness (QED) is 0.494. The highest BCUT2D eigenvalue weighted by Gasteiger charge is 2.78. The molecule has 9 nitrogen and oxygen atoms in total. The van der Waals surface area contributed by atoms with Crippen molar-refractivity contribution in [2.75, 3.05) is 6.61 Å². The van der Waals surface area contributed by atoms with E-state index in [4.69, 9.17) is 9.47 Å². The molecule has 22 heavy (non-hydrogen) atoms. The monoisotopic (exact) mass is 318 g/mol. The van der Waals surface area contributed by atoms with Crippen LogP contribution in [0.25, 0.3) is 0 Å². The van der Waals surface area contributed by atoms with E-state index in [1.54, 1.807) is 0 Å². The summed E-state index contributed by atoms with van der Waals surface area (Å²) in [5.41, 5.74) is -6.18. The first-order chi connectivity index (χ1) is 9.87. The molecule has 0 radical (unpaired) electrons. The second-order valence-electron chi connectivity index (χ2n) is 5.18. The molecule has 9 heteroatoms. The molecule has 0 spiro atoms. The fourth-order valence-electron chi connectivity index (χ4n) is 2.69. The summed E-state index contributed by atoms with van der Waals surface area (Å²) in [6, 6.07) is 0. The maximum Gasteiger partial charge on any atom is 0.303 e. The van der Waals surface area contributed by atoms with E-state index in [0.717, 1.165) is 27.7 Å². The van der Waals surface area contributed by atoms with Crippen LogP contribution in [0.5, 0.6) is 0 Å². The SMILES string of the molecule is CC(=O)O[C@]1(C(C)=O)C(O)(C(C)=O)OC[C@H](O)[C@@]1(O)C(C)=O. The minimum absolute atomic E-state index is 0.784. The van der Waals surface area contributed by atoms with Crippen LogP contribution < -0.4 is 0 Å². The van der Waals surface area contributed by atoms with Gasteiger partial charge < -0.3 is 24.8 Å². The number of aliphatic hydroxyl groups is 3. The third-order valence-corrected chi connectivity index (χ3v) is 3.75. The standard InChI is InChI=1S/C13H18O9/c1-6(14)11(19)10(18)5-21-13(20,8(3)16)12(11,7(2)15)22-9(4)17/h10,18-20H,5H2,1-4H3/t10-,11-,12-,13?/m0/s1. The molecule has 0 aromatic heterocycles. The van der Waals surface area contributed by atoms with Crippen molar-refractivity contribution >= 4 is 23.3 Å². The third-order valence-electron chi connectivity index (χ3n) is 3.75. The van der Waals surface area contributed by atoms with Gasteiger partial charge in [-0.1, -0.05) is 0 Å². The second kappa shape index (κ2) is 5.51. The third kappa shape index (κ3) is 2.09. The van der Waals surface area contributed by atoms with Crippen molar-refractivity contribution in [3.05, 3.63) is 0 Å². The molecule has 1 saturated heterocycles. The molecule has 0 amide bonds. The highest BCUT2D eigenvalue weighted by molar-refractivity contribution is 6.05. The molecule has 1 fully saturated rings. The lowest BCUT2D eigenvalue weighted by Crippen LogP contribution is -2.84. The number of esters is 1. The topological polar surface area (TPSA) is 147 Å². The predicted molar refractivity (Wildman–Crippen MR) is 68.4 cm³/mol. The van der Waals surface area contributed by atoms with Crippen LogP contribution in [-0.2, 0) is 28.7 Å². The van der Waals surface area contributed by atoms with E-state index in [1.807, 2.05) is 0 Å². The van der Waals surface area contributed by atoms with Crippen molar-refractivity contribution in [3.63, 3.8) is 0 Å². The predicted octanol–water partition coefficient (Wildman–Crippen LogP) is -2.13. The van der Waals surface area contributed by atoms with Gasteiger partial charge in [-0.2, -0.15) is 0 Å². The van der Waals surface area contributed by atoms with Crippen LogP contribution in [0.1, 0.15) is 27.7 Å². The van der Waals surface area contributed by atoms with Crippen LogP contribution >= 0.6 is 0 Å². The van der Waals surface area contributed by atoms with Gasteiger partial charge in [0.25, 0.3) is 11.4 Å². The van der Waals surface area contributed by atoms with Crippen molar-refractivity contribution in [1.29, 1.82) is 0 Å². The summed E-state index contributed by atoms with van der Waals surface area (Å²) < 4.78 is 9.56. The molecule has 1 aliphatic rings. The van der Waals surface area contributed by atoms with Gasteiger partial charge in [0.05, 0.1) is 6.61 Å². The van der Waals surface area contributed by atoms with Gasteiger partial charge >= 0.3 is 5.97 Å². The summed E-state index contributed by atoms with van der Waals surface area (Å²) in [6.07, 6.45) is -2.01. The minimum atomic E-state index is -3.12. The summed E-state index contributed by atoms with van der Waals surface area (Å²) in [5, 5.41) is 31.1. The molecular formula is C13H18O9. The number of ether oxygens (including phenoxy) is 2. The zero-order valence-electron chi connectivity index (χ0n) is 12.6. The molecule has 0 saturated carbocycles. The molecule has 0 aromatic carbocycles. The number of ketones is 3. The lowest BCUT2D eigenvalue weighted by Gasteiger charge is -2.54. The summed E-state index contributed by atoms with van der Waals surface area (Å²) in [4.78, 5) is 47.3. The van der Waals surface area contributed by atoms with Gasteiger partial charge in [-0.25, -0.2) is 0 Å². The largest absolute Gasteiger partial charge is 0.441 e. The number of carbonyl (C=O) groups is 4. The van der Waals surface area contributed by atoms with Crippen LogP contribution in [0, 0.1) is 0 Å². The van der Waals surface area contributed by atoms with Crippen LogP contribution in [0.15, 0.2) is 0 Å². The number of hydrogen-bond acceptors (Lipinski definition) is 9. The Kier molecular flexibility index (Phi) is 4.60. The Morgan fingerprint density at radius 3 is 1.82 bits per heavy atom. The van der Waals surface area contributed by atoms with E-state index >= 15 is 0 Å². The first kappa shape index (κ1) is 18.4. The molecule has 0 bridgehead atoms. The molecule has 1 unspecified atom stereocenters. The Labute approximate surface area is 125 Å². The fraction of sp³-hybridized carbons (Fsp3) is 0.692. The van der Waals surface area contributed by atoms with Gasteiger partial charge in [0.1, 0.15) is 6.10 Å². The molecule has 4 atom stereocenters. The number of hydrogen-bond donors (Lipinski definition) is 3. The Balaban J connectivity index is 3.85. The van der Waals surface area contributed by atoms with Crippen molar-refractivity contribution in [1.82, 2.24) is 0 Å². The summed E-state index contributed by atoms with van der Waals surface area (Å²) >= 11 is 0. The van der Waals surface area contributed by atoms with E-state index in [1.165, 1.54) is 0 Å². The van der Waals surface area contributed by atoms with Crippen molar-refractivity contribution in [2.45, 2.75) is 50.8 Å². The average molecular weight is 318 g/mol. The van der Waals surface area contributed by atoms with Crippen LogP contribution in [0.2, 0.25) is 0 Å². The summed E-state index contributed by atoms with van der Waals surface area (Å²) in [7, 11) is 0. The molecule has 1 aliphatic heterocycles. The maximum absolute atomic E-state index is 12.1. The number of rotatable bonds is 4. The fourth-order valence-corrected chi connectivity index (χ4v) is 2.69. The van der Waals surface area contributed by atoms with Gasteiger partial charge in [-0.15, -0.1) is 0 Å². The number of aliphatic hydroxyl groups excluding tert-OH is 1. The molecule has 0 aromatic rings. The van der Waals surface area contributed by atoms with E-state index < -0.39 is 53.0 Å². The first-order valence-corrected chi connectivity index (χ1v) is 6.37. The number of Topliss-reactive ketones (excluding diaryl/α,β-unsaturated/α-hetero) is 3. The van der Waals surface area contributed by atoms with Crippen molar-refractivity contribution in [3.8, 4) is 0 Å². The maximum atomic E-state index is 12.1. The molecule has 1 rings (SSSR count). The smallest absolute Gasteiger partial charge is 0.303 e. The van der Waals surface area contributed by atoms with Gasteiger partial charge in [-0.3, -0.25) is 19.2 Å². The minimum Gasteiger partial charge on any atom is -0.441 e. The normalized spacial score (nSPS) is 38.2. The van der Waals surface area contributed by atoms with Gasteiger partial charge in [-0.05, 0) is 13.8 Å². The van der Waals surface area contributed by atoms with E-state index in [-0.39, 0.29) is 0 Å². The Hall–Kier alpha value is -1.68. The Bertz CT molecular complexity index is 542. The molecule has 1 heterocycles. The van der Waals surface area contributed by atoms with E-state index in [9.17, 15) is 34.5 Å². The summed E-state index contributed by atoms with van der Waals surface area (Å²) in [5.74, 6) is -7.90. The highest BCUT2D eigenvalue weighted by Crippen LogP contribution is 2.45. The van der Waals surface area contributed by atoms with Crippen LogP contribution in [-0.4, -0.2) is 68.3 Å². The molecular weight excluding hydrogens is 300 g/mol. The molecule has 0 aliphatic carbocycles. The van der Waals surface area contributed by atoms with Crippen LogP contribution in [0.3, 0.4) is 0 Å². The van der Waals surface area contributed by atoms with Gasteiger partial charge in [0, 0.05) is 13.8 Å². The van der Waals surface area contributed by atoms with Crippen molar-refractivity contribution in [2.24, 2.45) is 0 Å². The lowest BCUT2D eigenvalue weighted by atomic mass is 9.66. The molecule has 124 valence electrons.